The maximum Gasteiger partial charge on any atom is 0.168 e. The molecule has 2 fully saturated rings. The van der Waals surface area contributed by atoms with Crippen molar-refractivity contribution in [1.29, 1.82) is 0 Å². The second-order valence-corrected chi connectivity index (χ2v) is 16.3. The predicted molar refractivity (Wildman–Crippen MR) is 112 cm³/mol. The van der Waals surface area contributed by atoms with E-state index in [0.29, 0.717) is 5.92 Å². The third-order valence-corrected chi connectivity index (χ3v) is 9.26. The van der Waals surface area contributed by atoms with Crippen LogP contribution < -0.4 is 0 Å². The Balaban J connectivity index is 1.61. The summed E-state index contributed by atoms with van der Waals surface area (Å²) in [6, 6.07) is 1.17. The molecule has 1 saturated carbocycles. The van der Waals surface area contributed by atoms with E-state index in [1.807, 2.05) is 0 Å². The Morgan fingerprint density at radius 3 is 2.52 bits per heavy atom. The average Bonchev–Trinajstić information content (AvgIpc) is 3.00. The zero-order chi connectivity index (χ0) is 19.3. The Hall–Kier alpha value is -0.583. The molecule has 0 aromatic heterocycles. The molecule has 2 aliphatic heterocycles. The first-order valence-corrected chi connectivity index (χ1v) is 14.7. The third-order valence-electron chi connectivity index (χ3n) is 7.61. The monoisotopic (exact) mass is 390 g/mol. The Bertz CT molecular complexity index is 628. The summed E-state index contributed by atoms with van der Waals surface area (Å²) in [5.74, 6) is 1.68. The molecule has 0 radical (unpaired) electrons. The van der Waals surface area contributed by atoms with Gasteiger partial charge < -0.3 is 14.2 Å². The number of hydrogen-bond acceptors (Lipinski definition) is 3. The van der Waals surface area contributed by atoms with Gasteiger partial charge in [0.15, 0.2) is 5.79 Å². The fourth-order valence-electron chi connectivity index (χ4n) is 6.32. The van der Waals surface area contributed by atoms with E-state index in [9.17, 15) is 0 Å². The van der Waals surface area contributed by atoms with Crippen LogP contribution in [0.25, 0.3) is 0 Å². The van der Waals surface area contributed by atoms with Crippen molar-refractivity contribution in [2.24, 2.45) is 11.3 Å². The first-order chi connectivity index (χ1) is 12.7. The molecule has 0 N–H and O–H groups in total. The topological polar surface area (TPSA) is 27.7 Å². The highest BCUT2D eigenvalue weighted by atomic mass is 28.3. The number of allylic oxidation sites excluding steroid dienone is 2. The fourth-order valence-corrected chi connectivity index (χ4v) is 8.51. The molecule has 0 aromatic carbocycles. The summed E-state index contributed by atoms with van der Waals surface area (Å²) in [7, 11) is -1.23. The van der Waals surface area contributed by atoms with Crippen molar-refractivity contribution in [1.82, 2.24) is 0 Å². The molecule has 27 heavy (non-hydrogen) atoms. The Morgan fingerprint density at radius 2 is 1.85 bits per heavy atom. The van der Waals surface area contributed by atoms with Gasteiger partial charge in [0.1, 0.15) is 5.60 Å². The Kier molecular flexibility index (Phi) is 4.92. The van der Waals surface area contributed by atoms with Crippen LogP contribution in [0.4, 0.5) is 0 Å². The lowest BCUT2D eigenvalue weighted by molar-refractivity contribution is -0.203. The van der Waals surface area contributed by atoms with Gasteiger partial charge in [0.2, 0.25) is 0 Å². The van der Waals surface area contributed by atoms with E-state index in [1.165, 1.54) is 31.1 Å². The lowest BCUT2D eigenvalue weighted by Crippen LogP contribution is -2.47. The molecule has 0 amide bonds. The van der Waals surface area contributed by atoms with E-state index < -0.39 is 8.07 Å². The molecule has 1 saturated heterocycles. The first kappa shape index (κ1) is 19.7. The molecule has 0 aromatic rings. The van der Waals surface area contributed by atoms with E-state index in [4.69, 9.17) is 14.2 Å². The molecule has 0 unspecified atom stereocenters. The second-order valence-electron chi connectivity index (χ2n) is 10.8. The summed E-state index contributed by atoms with van der Waals surface area (Å²) in [5.41, 5.74) is 1.73. The molecule has 3 nitrogen and oxygen atoms in total. The van der Waals surface area contributed by atoms with E-state index in [0.717, 1.165) is 45.3 Å². The van der Waals surface area contributed by atoms with E-state index in [-0.39, 0.29) is 16.8 Å². The molecule has 3 atom stereocenters. The average molecular weight is 391 g/mol. The maximum atomic E-state index is 6.85. The number of hydrogen-bond donors (Lipinski definition) is 0. The van der Waals surface area contributed by atoms with Gasteiger partial charge in [0.05, 0.1) is 19.0 Å². The van der Waals surface area contributed by atoms with Gasteiger partial charge >= 0.3 is 0 Å². The summed E-state index contributed by atoms with van der Waals surface area (Å²) >= 11 is 0. The zero-order valence-electron chi connectivity index (χ0n) is 17.9. The number of ether oxygens (including phenoxy) is 3. The Morgan fingerprint density at radius 1 is 1.11 bits per heavy atom. The maximum absolute atomic E-state index is 6.85. The van der Waals surface area contributed by atoms with Gasteiger partial charge in [-0.3, -0.25) is 0 Å². The van der Waals surface area contributed by atoms with Crippen molar-refractivity contribution in [3.63, 3.8) is 0 Å². The fraction of sp³-hybridized carbons (Fsp3) is 0.826. The minimum atomic E-state index is -1.23. The highest BCUT2D eigenvalue weighted by Crippen LogP contribution is 2.59. The standard InChI is InChI=1S/C23H38O3Si/c1-6-22(17-27(3,4)5)11-10-19-20(26-22)9-7-8-18-16-23(24-14-15-25-23)13-12-21(18,19)2/h6,18H,1,7-17H2,2-5H3/t18-,21+,22-/m1/s1. The molecular weight excluding hydrogens is 352 g/mol. The van der Waals surface area contributed by atoms with Crippen LogP contribution in [-0.4, -0.2) is 32.7 Å². The molecule has 4 rings (SSSR count). The van der Waals surface area contributed by atoms with Crippen molar-refractivity contribution >= 4 is 8.07 Å². The second kappa shape index (κ2) is 6.74. The smallest absolute Gasteiger partial charge is 0.168 e. The van der Waals surface area contributed by atoms with Gasteiger partial charge in [-0.1, -0.05) is 33.1 Å². The van der Waals surface area contributed by atoms with Gasteiger partial charge in [0, 0.05) is 27.3 Å². The molecule has 2 aliphatic carbocycles. The molecule has 4 heteroatoms. The van der Waals surface area contributed by atoms with Crippen molar-refractivity contribution < 1.29 is 14.2 Å². The summed E-state index contributed by atoms with van der Waals surface area (Å²) in [6.45, 7) is 15.5. The van der Waals surface area contributed by atoms with Crippen LogP contribution in [0.15, 0.2) is 24.0 Å². The minimum absolute atomic E-state index is 0.132. The van der Waals surface area contributed by atoms with Crippen LogP contribution in [0, 0.1) is 11.3 Å². The zero-order valence-corrected chi connectivity index (χ0v) is 18.9. The molecule has 152 valence electrons. The summed E-state index contributed by atoms with van der Waals surface area (Å²) in [6.07, 6.45) is 11.2. The van der Waals surface area contributed by atoms with Crippen molar-refractivity contribution in [2.75, 3.05) is 13.2 Å². The van der Waals surface area contributed by atoms with E-state index in [2.05, 4.69) is 39.2 Å². The quantitative estimate of drug-likeness (QED) is 0.434. The number of rotatable bonds is 3. The van der Waals surface area contributed by atoms with Crippen LogP contribution >= 0.6 is 0 Å². The molecule has 4 aliphatic rings. The minimum Gasteiger partial charge on any atom is -0.488 e. The van der Waals surface area contributed by atoms with Gasteiger partial charge in [0.25, 0.3) is 0 Å². The largest absolute Gasteiger partial charge is 0.488 e. The van der Waals surface area contributed by atoms with Gasteiger partial charge in [-0.05, 0) is 61.1 Å². The lowest BCUT2D eigenvalue weighted by atomic mass is 9.60. The Labute approximate surface area is 166 Å². The van der Waals surface area contributed by atoms with Crippen LogP contribution in [0.3, 0.4) is 0 Å². The van der Waals surface area contributed by atoms with Gasteiger partial charge in [-0.15, -0.1) is 0 Å². The highest BCUT2D eigenvalue weighted by Gasteiger charge is 2.54. The molecular formula is C23H38O3Si. The summed E-state index contributed by atoms with van der Waals surface area (Å²) < 4.78 is 19.0. The van der Waals surface area contributed by atoms with Crippen molar-refractivity contribution in [3.05, 3.63) is 24.0 Å². The van der Waals surface area contributed by atoms with E-state index >= 15 is 0 Å². The van der Waals surface area contributed by atoms with Gasteiger partial charge in [-0.2, -0.15) is 0 Å². The predicted octanol–water partition coefficient (Wildman–Crippen LogP) is 6.05. The number of fused-ring (bicyclic) bond motifs is 2. The van der Waals surface area contributed by atoms with Crippen LogP contribution in [-0.2, 0) is 14.2 Å². The lowest BCUT2D eigenvalue weighted by Gasteiger charge is -2.51. The van der Waals surface area contributed by atoms with Crippen molar-refractivity contribution in [2.45, 2.75) is 95.4 Å². The van der Waals surface area contributed by atoms with Crippen LogP contribution in [0.5, 0.6) is 0 Å². The molecule has 1 spiro atoms. The molecule has 2 heterocycles. The summed E-state index contributed by atoms with van der Waals surface area (Å²) in [5, 5.41) is 0. The third kappa shape index (κ3) is 3.58. The molecule has 0 bridgehead atoms. The van der Waals surface area contributed by atoms with Gasteiger partial charge in [-0.25, -0.2) is 0 Å². The first-order valence-electron chi connectivity index (χ1n) is 11.0. The summed E-state index contributed by atoms with van der Waals surface area (Å²) in [4.78, 5) is 0. The normalized spacial score (nSPS) is 38.7. The van der Waals surface area contributed by atoms with E-state index in [1.54, 1.807) is 5.57 Å². The van der Waals surface area contributed by atoms with Crippen LogP contribution in [0.2, 0.25) is 25.7 Å². The van der Waals surface area contributed by atoms with Crippen LogP contribution in [0.1, 0.15) is 58.3 Å². The van der Waals surface area contributed by atoms with Crippen molar-refractivity contribution in [3.8, 4) is 0 Å². The highest BCUT2D eigenvalue weighted by molar-refractivity contribution is 6.76. The SMILES string of the molecule is C=C[C@]1(C[Si](C)(C)C)CCC2=C(CCC[C@@H]3CC4(CC[C@]23C)OCCO4)O1.